The lowest BCUT2D eigenvalue weighted by Gasteiger charge is -2.20. The molecule has 0 amide bonds. The van der Waals surface area contributed by atoms with Gasteiger partial charge in [0.15, 0.2) is 0 Å². The Labute approximate surface area is 296 Å². The predicted octanol–water partition coefficient (Wildman–Crippen LogP) is 11.3. The molecule has 0 aromatic rings. The fourth-order valence-corrected chi connectivity index (χ4v) is 6.20. The molecular weight excluding hydrogens is 625 g/mol. The van der Waals surface area contributed by atoms with Crippen molar-refractivity contribution in [1.29, 1.82) is 0 Å². The van der Waals surface area contributed by atoms with E-state index in [-0.39, 0.29) is 32.3 Å². The van der Waals surface area contributed by atoms with Gasteiger partial charge in [-0.1, -0.05) is 154 Å². The van der Waals surface area contributed by atoms with Crippen molar-refractivity contribution in [2.75, 3.05) is 33.0 Å². The maximum absolute atomic E-state index is 12.5. The Bertz CT molecular complexity index is 792. The summed E-state index contributed by atoms with van der Waals surface area (Å²) in [6.45, 7) is 4.90. The number of hydrogen-bond donors (Lipinski definition) is 2. The summed E-state index contributed by atoms with van der Waals surface area (Å²) in [7, 11) is -4.27. The summed E-state index contributed by atoms with van der Waals surface area (Å²) >= 11 is 0. The molecule has 0 aliphatic rings. The van der Waals surface area contributed by atoms with Crippen molar-refractivity contribution >= 4 is 13.8 Å². The van der Waals surface area contributed by atoms with Gasteiger partial charge in [0.2, 0.25) is 0 Å². The number of hydrogen-bond acceptors (Lipinski definition) is 7. The number of ether oxygens (including phenoxy) is 2. The lowest BCUT2D eigenvalue weighted by atomic mass is 10.0. The van der Waals surface area contributed by atoms with Crippen molar-refractivity contribution in [2.45, 2.75) is 187 Å². The molecule has 0 rings (SSSR count). The third-order valence-electron chi connectivity index (χ3n) is 8.37. The molecule has 0 aliphatic carbocycles. The van der Waals surface area contributed by atoms with E-state index in [1.54, 1.807) is 0 Å². The first-order chi connectivity index (χ1) is 23.4. The zero-order valence-electron chi connectivity index (χ0n) is 31.2. The Morgan fingerprint density at radius 3 is 1.65 bits per heavy atom. The number of phosphoric ester groups is 1. The van der Waals surface area contributed by atoms with Gasteiger partial charge in [0.05, 0.1) is 19.8 Å². The summed E-state index contributed by atoms with van der Waals surface area (Å²) in [5.41, 5.74) is 5.35. The van der Waals surface area contributed by atoms with Crippen LogP contribution in [0.2, 0.25) is 0 Å². The maximum Gasteiger partial charge on any atom is 0.472 e. The van der Waals surface area contributed by atoms with Crippen LogP contribution in [0.4, 0.5) is 0 Å². The highest BCUT2D eigenvalue weighted by Crippen LogP contribution is 2.43. The van der Waals surface area contributed by atoms with E-state index in [1.165, 1.54) is 103 Å². The minimum atomic E-state index is -4.27. The molecule has 0 spiro atoms. The van der Waals surface area contributed by atoms with Gasteiger partial charge in [-0.15, -0.1) is 0 Å². The Morgan fingerprint density at radius 2 is 1.10 bits per heavy atom. The molecule has 9 heteroatoms. The second kappa shape index (κ2) is 37.2. The Morgan fingerprint density at radius 1 is 0.625 bits per heavy atom. The Hall–Kier alpha value is -1.02. The van der Waals surface area contributed by atoms with Crippen LogP contribution in [0.5, 0.6) is 0 Å². The molecule has 0 aliphatic heterocycles. The largest absolute Gasteiger partial charge is 0.472 e. The molecule has 48 heavy (non-hydrogen) atoms. The van der Waals surface area contributed by atoms with Crippen LogP contribution < -0.4 is 5.73 Å². The van der Waals surface area contributed by atoms with Crippen molar-refractivity contribution in [3.8, 4) is 0 Å². The molecule has 0 fully saturated rings. The van der Waals surface area contributed by atoms with E-state index in [4.69, 9.17) is 24.3 Å². The highest BCUT2D eigenvalue weighted by molar-refractivity contribution is 7.47. The fourth-order valence-electron chi connectivity index (χ4n) is 5.44. The van der Waals surface area contributed by atoms with Crippen molar-refractivity contribution in [2.24, 2.45) is 5.73 Å². The maximum atomic E-state index is 12.5. The van der Waals surface area contributed by atoms with Gasteiger partial charge in [0.25, 0.3) is 0 Å². The van der Waals surface area contributed by atoms with Gasteiger partial charge >= 0.3 is 13.8 Å². The fraction of sp³-hybridized carbons (Fsp3) is 0.872. The first-order valence-electron chi connectivity index (χ1n) is 19.8. The molecule has 0 saturated carbocycles. The number of carbonyl (C=O) groups is 1. The molecule has 0 radical (unpaired) electrons. The highest BCUT2D eigenvalue weighted by Gasteiger charge is 2.25. The minimum Gasteiger partial charge on any atom is -0.457 e. The summed E-state index contributed by atoms with van der Waals surface area (Å²) in [4.78, 5) is 22.4. The number of rotatable bonds is 38. The number of unbranched alkanes of at least 4 members (excludes halogenated alkanes) is 21. The number of nitrogens with two attached hydrogens (primary N) is 1. The monoisotopic (exact) mass is 702 g/mol. The van der Waals surface area contributed by atoms with E-state index < -0.39 is 13.9 Å². The number of phosphoric acid groups is 1. The molecular formula is C39H76NO7P. The summed E-state index contributed by atoms with van der Waals surface area (Å²) in [6.07, 6.45) is 39.0. The molecule has 0 saturated heterocycles. The highest BCUT2D eigenvalue weighted by atomic mass is 31.2. The quantitative estimate of drug-likeness (QED) is 0.0283. The van der Waals surface area contributed by atoms with E-state index in [0.717, 1.165) is 57.8 Å². The van der Waals surface area contributed by atoms with Crippen molar-refractivity contribution in [3.63, 3.8) is 0 Å². The van der Waals surface area contributed by atoms with E-state index >= 15 is 0 Å². The summed E-state index contributed by atoms with van der Waals surface area (Å²) in [5.74, 6) is -0.342. The minimum absolute atomic E-state index is 0.0966. The molecule has 284 valence electrons. The smallest absolute Gasteiger partial charge is 0.457 e. The topological polar surface area (TPSA) is 117 Å². The first-order valence-corrected chi connectivity index (χ1v) is 21.3. The van der Waals surface area contributed by atoms with E-state index in [1.807, 2.05) is 0 Å². The molecule has 0 aromatic heterocycles. The predicted molar refractivity (Wildman–Crippen MR) is 201 cm³/mol. The average Bonchev–Trinajstić information content (AvgIpc) is 3.07. The van der Waals surface area contributed by atoms with Crippen LogP contribution in [0.1, 0.15) is 181 Å². The van der Waals surface area contributed by atoms with Crippen molar-refractivity contribution in [3.05, 3.63) is 24.3 Å². The third kappa shape index (κ3) is 36.3. The Kier molecular flexibility index (Phi) is 36.4. The molecule has 3 N–H and O–H groups in total. The van der Waals surface area contributed by atoms with Gasteiger partial charge in [-0.2, -0.15) is 0 Å². The zero-order valence-corrected chi connectivity index (χ0v) is 32.1. The van der Waals surface area contributed by atoms with Crippen LogP contribution in [-0.4, -0.2) is 49.9 Å². The van der Waals surface area contributed by atoms with Gasteiger partial charge in [-0.3, -0.25) is 13.8 Å². The van der Waals surface area contributed by atoms with Gasteiger partial charge in [0, 0.05) is 19.6 Å². The molecule has 2 unspecified atom stereocenters. The summed E-state index contributed by atoms with van der Waals surface area (Å²) in [5, 5.41) is 0. The van der Waals surface area contributed by atoms with Crippen LogP contribution in [0.3, 0.4) is 0 Å². The third-order valence-corrected chi connectivity index (χ3v) is 9.36. The lowest BCUT2D eigenvalue weighted by Crippen LogP contribution is -2.28. The Balaban J connectivity index is 4.09. The first kappa shape index (κ1) is 47.0. The molecule has 0 heterocycles. The molecule has 0 aromatic carbocycles. The van der Waals surface area contributed by atoms with E-state index in [0.29, 0.717) is 13.0 Å². The van der Waals surface area contributed by atoms with Gasteiger partial charge in [-0.05, 0) is 44.9 Å². The molecule has 8 nitrogen and oxygen atoms in total. The standard InChI is InChI=1S/C39H76NO7P/c1-3-5-7-9-11-13-15-17-18-19-20-22-24-26-28-30-32-39(41)47-38(37-46-48(42,43)45-35-33-40)36-44-34-31-29-27-25-23-21-16-14-12-10-8-6-4-2/h13,15,18-19,38H,3-12,14,16-17,20-37,40H2,1-2H3,(H,42,43)/b15-13-,19-18-. The van der Waals surface area contributed by atoms with Gasteiger partial charge in [-0.25, -0.2) is 4.57 Å². The van der Waals surface area contributed by atoms with Crippen molar-refractivity contribution in [1.82, 2.24) is 0 Å². The zero-order chi connectivity index (χ0) is 35.2. The molecule has 2 atom stereocenters. The van der Waals surface area contributed by atoms with Crippen LogP contribution in [0.25, 0.3) is 0 Å². The lowest BCUT2D eigenvalue weighted by molar-refractivity contribution is -0.154. The van der Waals surface area contributed by atoms with Crippen LogP contribution in [-0.2, 0) is 27.9 Å². The van der Waals surface area contributed by atoms with Crippen molar-refractivity contribution < 1.29 is 32.8 Å². The average molecular weight is 702 g/mol. The second-order valence-electron chi connectivity index (χ2n) is 13.1. The summed E-state index contributed by atoms with van der Waals surface area (Å²) < 4.78 is 33.3. The molecule has 0 bridgehead atoms. The SMILES string of the molecule is CCCCCC/C=C\C/C=C\CCCCCCCC(=O)OC(COCCCCCCCCCCCCCCC)COP(=O)(O)OCCN. The van der Waals surface area contributed by atoms with Crippen LogP contribution in [0.15, 0.2) is 24.3 Å². The van der Waals surface area contributed by atoms with E-state index in [2.05, 4.69) is 38.2 Å². The second-order valence-corrected chi connectivity index (χ2v) is 14.6. The van der Waals surface area contributed by atoms with Crippen LogP contribution >= 0.6 is 7.82 Å². The normalized spacial score (nSPS) is 13.8. The number of esters is 1. The van der Waals surface area contributed by atoms with Gasteiger partial charge < -0.3 is 20.1 Å². The summed E-state index contributed by atoms with van der Waals surface area (Å²) in [6, 6.07) is 0. The number of allylic oxidation sites excluding steroid dienone is 4. The van der Waals surface area contributed by atoms with E-state index in [9.17, 15) is 14.3 Å². The van der Waals surface area contributed by atoms with Crippen LogP contribution in [0, 0.1) is 0 Å². The number of carbonyl (C=O) groups excluding carboxylic acids is 1. The van der Waals surface area contributed by atoms with Gasteiger partial charge in [0.1, 0.15) is 6.10 Å².